The minimum absolute atomic E-state index is 0.00620. The number of hydrogen-bond acceptors (Lipinski definition) is 7. The van der Waals surface area contributed by atoms with Gasteiger partial charge in [0.15, 0.2) is 0 Å². The van der Waals surface area contributed by atoms with Gasteiger partial charge in [0.1, 0.15) is 0 Å². The molecule has 1 aliphatic heterocycles. The van der Waals surface area contributed by atoms with Gasteiger partial charge in [0.05, 0.1) is 26.4 Å². The molecule has 0 aromatic heterocycles. The first-order valence-electron chi connectivity index (χ1n) is 7.65. The predicted octanol–water partition coefficient (Wildman–Crippen LogP) is -2.42. The van der Waals surface area contributed by atoms with Gasteiger partial charge in [-0.05, 0) is 0 Å². The fourth-order valence-electron chi connectivity index (χ4n) is 1.98. The maximum atomic E-state index is 12.1. The molecular formula is C13H24N4O7. The maximum absolute atomic E-state index is 12.1. The third kappa shape index (κ3) is 7.55. The molecule has 1 saturated heterocycles. The van der Waals surface area contributed by atoms with Gasteiger partial charge in [0.25, 0.3) is 0 Å². The van der Waals surface area contributed by atoms with Crippen LogP contribution >= 0.6 is 0 Å². The number of aliphatic hydroxyl groups is 2. The summed E-state index contributed by atoms with van der Waals surface area (Å²) in [6.45, 7) is 1.07. The number of nitrogens with one attached hydrogen (secondary N) is 2. The molecule has 0 saturated carbocycles. The number of amides is 4. The Bertz CT molecular complexity index is 385. The summed E-state index contributed by atoms with van der Waals surface area (Å²) < 4.78 is 0. The minimum Gasteiger partial charge on any atom is -0.394 e. The largest absolute Gasteiger partial charge is 0.394 e. The van der Waals surface area contributed by atoms with Crippen LogP contribution in [-0.2, 0) is 19.3 Å². The standard InChI is InChI=1S/C13H24N4O7/c18-7-9-23-14-11(20)1-3-16-5-6-17(13(16)22)4-2-12(21)15-24-10-8-19/h18-19H,1-10H2,(H,14,20)(H,15,21). The summed E-state index contributed by atoms with van der Waals surface area (Å²) in [5.41, 5.74) is 4.33. The number of hydrogen-bond donors (Lipinski definition) is 4. The van der Waals surface area contributed by atoms with Gasteiger partial charge in [-0.3, -0.25) is 19.3 Å². The fourth-order valence-corrected chi connectivity index (χ4v) is 1.98. The lowest BCUT2D eigenvalue weighted by atomic mass is 10.4. The van der Waals surface area contributed by atoms with E-state index in [0.29, 0.717) is 13.1 Å². The Kier molecular flexibility index (Phi) is 9.68. The number of carbonyl (C=O) groups is 3. The summed E-state index contributed by atoms with van der Waals surface area (Å²) >= 11 is 0. The molecule has 1 aliphatic rings. The molecular weight excluding hydrogens is 324 g/mol. The molecule has 138 valence electrons. The van der Waals surface area contributed by atoms with E-state index in [1.165, 1.54) is 9.80 Å². The van der Waals surface area contributed by atoms with E-state index < -0.39 is 0 Å². The topological polar surface area (TPSA) is 141 Å². The van der Waals surface area contributed by atoms with Crippen LogP contribution in [0.2, 0.25) is 0 Å². The molecule has 0 aromatic carbocycles. The molecule has 0 atom stereocenters. The summed E-state index contributed by atoms with van der Waals surface area (Å²) in [7, 11) is 0. The summed E-state index contributed by atoms with van der Waals surface area (Å²) in [6.07, 6.45) is 0.168. The summed E-state index contributed by atoms with van der Waals surface area (Å²) in [4.78, 5) is 47.4. The van der Waals surface area contributed by atoms with Crippen molar-refractivity contribution in [1.29, 1.82) is 0 Å². The third-order valence-corrected chi connectivity index (χ3v) is 3.16. The van der Waals surface area contributed by atoms with Crippen LogP contribution < -0.4 is 11.0 Å². The zero-order chi connectivity index (χ0) is 17.8. The molecule has 4 N–H and O–H groups in total. The van der Waals surface area contributed by atoms with E-state index >= 15 is 0 Å². The Hall–Kier alpha value is -1.95. The first-order valence-corrected chi connectivity index (χ1v) is 7.65. The third-order valence-electron chi connectivity index (χ3n) is 3.16. The van der Waals surface area contributed by atoms with Crippen LogP contribution in [0, 0.1) is 0 Å². The highest BCUT2D eigenvalue weighted by molar-refractivity contribution is 5.80. The van der Waals surface area contributed by atoms with Gasteiger partial charge in [-0.1, -0.05) is 0 Å². The van der Waals surface area contributed by atoms with E-state index in [4.69, 9.17) is 10.2 Å². The van der Waals surface area contributed by atoms with Gasteiger partial charge in [-0.2, -0.15) is 0 Å². The van der Waals surface area contributed by atoms with Crippen molar-refractivity contribution in [2.24, 2.45) is 0 Å². The molecule has 11 nitrogen and oxygen atoms in total. The molecule has 0 aliphatic carbocycles. The lowest BCUT2D eigenvalue weighted by Crippen LogP contribution is -2.37. The van der Waals surface area contributed by atoms with Crippen LogP contribution in [0.3, 0.4) is 0 Å². The fraction of sp³-hybridized carbons (Fsp3) is 0.769. The van der Waals surface area contributed by atoms with Crippen molar-refractivity contribution in [3.63, 3.8) is 0 Å². The van der Waals surface area contributed by atoms with Gasteiger partial charge in [-0.15, -0.1) is 0 Å². The van der Waals surface area contributed by atoms with Gasteiger partial charge in [-0.25, -0.2) is 15.8 Å². The lowest BCUT2D eigenvalue weighted by Gasteiger charge is -2.18. The van der Waals surface area contributed by atoms with Crippen LogP contribution in [0.5, 0.6) is 0 Å². The monoisotopic (exact) mass is 348 g/mol. The second-order valence-electron chi connectivity index (χ2n) is 4.95. The smallest absolute Gasteiger partial charge is 0.320 e. The number of nitrogens with zero attached hydrogens (tertiary/aromatic N) is 2. The Morgan fingerprint density at radius 3 is 1.71 bits per heavy atom. The van der Waals surface area contributed by atoms with Crippen LogP contribution in [0.1, 0.15) is 12.8 Å². The van der Waals surface area contributed by atoms with Gasteiger partial charge in [0.2, 0.25) is 11.8 Å². The number of urea groups is 1. The van der Waals surface area contributed by atoms with Crippen molar-refractivity contribution in [1.82, 2.24) is 20.8 Å². The summed E-state index contributed by atoms with van der Waals surface area (Å²) in [6, 6.07) is -0.233. The summed E-state index contributed by atoms with van der Waals surface area (Å²) in [5, 5.41) is 17.0. The average molecular weight is 348 g/mol. The quantitative estimate of drug-likeness (QED) is 0.227. The van der Waals surface area contributed by atoms with Crippen molar-refractivity contribution in [3.8, 4) is 0 Å². The second-order valence-corrected chi connectivity index (χ2v) is 4.95. The first-order chi connectivity index (χ1) is 11.6. The molecule has 0 spiro atoms. The minimum atomic E-state index is -0.380. The zero-order valence-corrected chi connectivity index (χ0v) is 13.4. The Morgan fingerprint density at radius 2 is 1.33 bits per heavy atom. The van der Waals surface area contributed by atoms with E-state index in [9.17, 15) is 14.4 Å². The van der Waals surface area contributed by atoms with Crippen molar-refractivity contribution in [3.05, 3.63) is 0 Å². The zero-order valence-electron chi connectivity index (χ0n) is 13.4. The van der Waals surface area contributed by atoms with Crippen LogP contribution in [0.25, 0.3) is 0 Å². The molecule has 0 bridgehead atoms. The molecule has 24 heavy (non-hydrogen) atoms. The molecule has 1 rings (SSSR count). The van der Waals surface area contributed by atoms with Crippen molar-refractivity contribution in [2.45, 2.75) is 12.8 Å². The second kappa shape index (κ2) is 11.6. The van der Waals surface area contributed by atoms with E-state index in [1.807, 2.05) is 0 Å². The lowest BCUT2D eigenvalue weighted by molar-refractivity contribution is -0.135. The van der Waals surface area contributed by atoms with E-state index in [-0.39, 0.29) is 70.2 Å². The van der Waals surface area contributed by atoms with Crippen molar-refractivity contribution >= 4 is 17.8 Å². The van der Waals surface area contributed by atoms with Gasteiger partial charge in [0, 0.05) is 39.0 Å². The molecule has 0 radical (unpaired) electrons. The molecule has 1 heterocycles. The number of aliphatic hydroxyl groups excluding tert-OH is 2. The maximum Gasteiger partial charge on any atom is 0.320 e. The average Bonchev–Trinajstić information content (AvgIpc) is 2.91. The number of carbonyl (C=O) groups excluding carboxylic acids is 3. The SMILES string of the molecule is O=C(CCN1CCN(CCC(=O)NOCCO)C1=O)NOCCO. The van der Waals surface area contributed by atoms with Crippen LogP contribution in [0.15, 0.2) is 0 Å². The van der Waals surface area contributed by atoms with Crippen molar-refractivity contribution in [2.75, 3.05) is 52.6 Å². The highest BCUT2D eigenvalue weighted by Crippen LogP contribution is 2.09. The van der Waals surface area contributed by atoms with Crippen LogP contribution in [0.4, 0.5) is 4.79 Å². The van der Waals surface area contributed by atoms with Crippen LogP contribution in [-0.4, -0.2) is 90.5 Å². The van der Waals surface area contributed by atoms with Crippen molar-refractivity contribution < 1.29 is 34.3 Å². The molecule has 0 unspecified atom stereocenters. The van der Waals surface area contributed by atoms with Gasteiger partial charge < -0.3 is 20.0 Å². The highest BCUT2D eigenvalue weighted by atomic mass is 16.7. The Labute approximate surface area is 139 Å². The number of hydroxylamine groups is 2. The van der Waals surface area contributed by atoms with Gasteiger partial charge >= 0.3 is 6.03 Å². The Balaban J connectivity index is 2.20. The molecule has 1 fully saturated rings. The molecule has 0 aromatic rings. The van der Waals surface area contributed by atoms with E-state index in [1.54, 1.807) is 0 Å². The van der Waals surface area contributed by atoms with E-state index in [0.717, 1.165) is 0 Å². The normalized spacial score (nSPS) is 14.2. The first kappa shape index (κ1) is 20.1. The Morgan fingerprint density at radius 1 is 0.917 bits per heavy atom. The predicted molar refractivity (Wildman–Crippen MR) is 80.1 cm³/mol. The highest BCUT2D eigenvalue weighted by Gasteiger charge is 2.28. The van der Waals surface area contributed by atoms with E-state index in [2.05, 4.69) is 20.6 Å². The molecule has 4 amide bonds. The number of rotatable bonds is 12. The molecule has 11 heteroatoms. The summed E-state index contributed by atoms with van der Waals surface area (Å²) in [5.74, 6) is -0.759.